The number of carbonyl (C=O) groups is 3. The van der Waals surface area contributed by atoms with Crippen LogP contribution in [0.4, 0.5) is 4.79 Å². The van der Waals surface area contributed by atoms with Crippen molar-refractivity contribution in [3.05, 3.63) is 48.2 Å². The van der Waals surface area contributed by atoms with Crippen molar-refractivity contribution in [2.75, 3.05) is 26.3 Å². The molecular formula is C22H25N3O5. The minimum atomic E-state index is -0.602. The smallest absolute Gasteiger partial charge is 0.409 e. The van der Waals surface area contributed by atoms with Gasteiger partial charge in [-0.3, -0.25) is 9.78 Å². The van der Waals surface area contributed by atoms with Crippen molar-refractivity contribution >= 4 is 34.9 Å². The predicted octanol–water partition coefficient (Wildman–Crippen LogP) is 2.53. The van der Waals surface area contributed by atoms with E-state index in [4.69, 9.17) is 9.47 Å². The van der Waals surface area contributed by atoms with Gasteiger partial charge in [0.2, 0.25) is 0 Å². The van der Waals surface area contributed by atoms with Crippen LogP contribution < -0.4 is 5.32 Å². The van der Waals surface area contributed by atoms with Crippen LogP contribution >= 0.6 is 0 Å². The fraction of sp³-hybridized carbons (Fsp3) is 0.364. The van der Waals surface area contributed by atoms with E-state index in [2.05, 4.69) is 10.3 Å². The third-order valence-corrected chi connectivity index (χ3v) is 4.79. The van der Waals surface area contributed by atoms with Gasteiger partial charge in [-0.25, -0.2) is 9.59 Å². The van der Waals surface area contributed by atoms with Gasteiger partial charge in [-0.1, -0.05) is 24.3 Å². The van der Waals surface area contributed by atoms with E-state index >= 15 is 0 Å². The van der Waals surface area contributed by atoms with Gasteiger partial charge in [-0.15, -0.1) is 0 Å². The Morgan fingerprint density at radius 2 is 1.93 bits per heavy atom. The number of hydrogen-bond acceptors (Lipinski definition) is 6. The number of amides is 2. The number of aromatic nitrogens is 1. The van der Waals surface area contributed by atoms with Crippen molar-refractivity contribution in [2.45, 2.75) is 25.8 Å². The molecule has 0 aliphatic carbocycles. The van der Waals surface area contributed by atoms with Crippen molar-refractivity contribution < 1.29 is 23.9 Å². The number of hydrogen-bond donors (Lipinski definition) is 1. The van der Waals surface area contributed by atoms with Gasteiger partial charge in [0.1, 0.15) is 0 Å². The summed E-state index contributed by atoms with van der Waals surface area (Å²) in [7, 11) is 0. The SMILES string of the molecule is CCOC(=O)N1CCC(NC(=O)COC(=O)/C=C/c2cccc3cccnc23)CC1. The Labute approximate surface area is 174 Å². The number of piperidine rings is 1. The molecule has 0 bridgehead atoms. The van der Waals surface area contributed by atoms with Crippen LogP contribution in [0.15, 0.2) is 42.6 Å². The normalized spacial score (nSPS) is 14.6. The minimum Gasteiger partial charge on any atom is -0.452 e. The predicted molar refractivity (Wildman–Crippen MR) is 111 cm³/mol. The standard InChI is InChI=1S/C22H25N3O5/c1-2-29-22(28)25-13-10-18(11-14-25)24-19(26)15-30-20(27)9-8-17-6-3-5-16-7-4-12-23-21(16)17/h3-9,12,18H,2,10-11,13-15H2,1H3,(H,24,26)/b9-8+. The molecule has 0 atom stereocenters. The average molecular weight is 411 g/mol. The van der Waals surface area contributed by atoms with E-state index in [1.807, 2.05) is 30.3 Å². The van der Waals surface area contributed by atoms with Crippen LogP contribution in [-0.2, 0) is 19.1 Å². The summed E-state index contributed by atoms with van der Waals surface area (Å²) >= 11 is 0. The first-order chi connectivity index (χ1) is 14.6. The van der Waals surface area contributed by atoms with Gasteiger partial charge < -0.3 is 19.7 Å². The lowest BCUT2D eigenvalue weighted by Gasteiger charge is -2.31. The van der Waals surface area contributed by atoms with Gasteiger partial charge in [0.25, 0.3) is 5.91 Å². The van der Waals surface area contributed by atoms with Gasteiger partial charge in [-0.2, -0.15) is 0 Å². The number of para-hydroxylation sites is 1. The quantitative estimate of drug-likeness (QED) is 0.579. The van der Waals surface area contributed by atoms with Crippen LogP contribution in [0.3, 0.4) is 0 Å². The fourth-order valence-electron chi connectivity index (χ4n) is 3.30. The number of likely N-dealkylation sites (tertiary alicyclic amines) is 1. The molecule has 0 saturated carbocycles. The second-order valence-electron chi connectivity index (χ2n) is 6.89. The molecule has 1 N–H and O–H groups in total. The van der Waals surface area contributed by atoms with Crippen molar-refractivity contribution in [3.8, 4) is 0 Å². The summed E-state index contributed by atoms with van der Waals surface area (Å²) in [5.41, 5.74) is 1.58. The van der Waals surface area contributed by atoms with Gasteiger partial charge in [-0.05, 0) is 31.9 Å². The molecule has 1 saturated heterocycles. The molecule has 158 valence electrons. The molecule has 3 rings (SSSR count). The third kappa shape index (κ3) is 5.79. The number of rotatable bonds is 6. The molecule has 8 heteroatoms. The maximum Gasteiger partial charge on any atom is 0.409 e. The summed E-state index contributed by atoms with van der Waals surface area (Å²) in [6.07, 6.45) is 5.54. The highest BCUT2D eigenvalue weighted by Crippen LogP contribution is 2.17. The molecule has 0 spiro atoms. The first-order valence-corrected chi connectivity index (χ1v) is 9.96. The van der Waals surface area contributed by atoms with E-state index in [9.17, 15) is 14.4 Å². The van der Waals surface area contributed by atoms with E-state index < -0.39 is 5.97 Å². The molecule has 1 aromatic carbocycles. The average Bonchev–Trinajstić information content (AvgIpc) is 2.77. The van der Waals surface area contributed by atoms with Crippen LogP contribution in [0.25, 0.3) is 17.0 Å². The van der Waals surface area contributed by atoms with Crippen LogP contribution in [-0.4, -0.2) is 60.2 Å². The summed E-state index contributed by atoms with van der Waals surface area (Å²) in [5.74, 6) is -0.964. The van der Waals surface area contributed by atoms with Crippen LogP contribution in [0.1, 0.15) is 25.3 Å². The molecule has 30 heavy (non-hydrogen) atoms. The number of ether oxygens (including phenoxy) is 2. The molecule has 1 aliphatic rings. The van der Waals surface area contributed by atoms with Crippen molar-refractivity contribution in [2.24, 2.45) is 0 Å². The summed E-state index contributed by atoms with van der Waals surface area (Å²) < 4.78 is 10.0. The van der Waals surface area contributed by atoms with Gasteiger partial charge >= 0.3 is 12.1 Å². The molecular weight excluding hydrogens is 386 g/mol. The van der Waals surface area contributed by atoms with Crippen molar-refractivity contribution in [3.63, 3.8) is 0 Å². The maximum absolute atomic E-state index is 12.1. The third-order valence-electron chi connectivity index (χ3n) is 4.79. The first kappa shape index (κ1) is 21.3. The number of nitrogens with zero attached hydrogens (tertiary/aromatic N) is 2. The molecule has 1 fully saturated rings. The lowest BCUT2D eigenvalue weighted by molar-refractivity contribution is -0.144. The molecule has 2 amide bonds. The van der Waals surface area contributed by atoms with E-state index in [0.717, 1.165) is 16.5 Å². The summed E-state index contributed by atoms with van der Waals surface area (Å²) in [6, 6.07) is 9.42. The Bertz CT molecular complexity index is 930. The number of pyridine rings is 1. The molecule has 8 nitrogen and oxygen atoms in total. The monoisotopic (exact) mass is 411 g/mol. The Hall–Kier alpha value is -3.42. The van der Waals surface area contributed by atoms with E-state index in [-0.39, 0.29) is 24.6 Å². The highest BCUT2D eigenvalue weighted by molar-refractivity contribution is 5.93. The lowest BCUT2D eigenvalue weighted by atomic mass is 10.1. The Kier molecular flexibility index (Phi) is 7.37. The zero-order valence-electron chi connectivity index (χ0n) is 16.9. The minimum absolute atomic E-state index is 0.0563. The molecule has 2 heterocycles. The maximum atomic E-state index is 12.1. The number of benzene rings is 1. The molecule has 2 aromatic rings. The molecule has 0 radical (unpaired) electrons. The fourth-order valence-corrected chi connectivity index (χ4v) is 3.30. The van der Waals surface area contributed by atoms with Gasteiger partial charge in [0.15, 0.2) is 6.61 Å². The van der Waals surface area contributed by atoms with E-state index in [0.29, 0.717) is 32.5 Å². The van der Waals surface area contributed by atoms with Gasteiger partial charge in [0, 0.05) is 42.4 Å². The van der Waals surface area contributed by atoms with E-state index in [1.54, 1.807) is 24.1 Å². The topological polar surface area (TPSA) is 97.8 Å². The second kappa shape index (κ2) is 10.4. The number of carbonyl (C=O) groups excluding carboxylic acids is 3. The van der Waals surface area contributed by atoms with Crippen LogP contribution in [0.2, 0.25) is 0 Å². The molecule has 1 aliphatic heterocycles. The Morgan fingerprint density at radius 3 is 2.70 bits per heavy atom. The van der Waals surface area contributed by atoms with Crippen LogP contribution in [0.5, 0.6) is 0 Å². The second-order valence-corrected chi connectivity index (χ2v) is 6.89. The zero-order chi connectivity index (χ0) is 21.3. The van der Waals surface area contributed by atoms with Crippen molar-refractivity contribution in [1.29, 1.82) is 0 Å². The first-order valence-electron chi connectivity index (χ1n) is 9.96. The zero-order valence-corrected chi connectivity index (χ0v) is 16.9. The highest BCUT2D eigenvalue weighted by Gasteiger charge is 2.24. The van der Waals surface area contributed by atoms with Crippen molar-refractivity contribution in [1.82, 2.24) is 15.2 Å². The largest absolute Gasteiger partial charge is 0.452 e. The Balaban J connectivity index is 1.42. The lowest BCUT2D eigenvalue weighted by Crippen LogP contribution is -2.47. The highest BCUT2D eigenvalue weighted by atomic mass is 16.6. The Morgan fingerprint density at radius 1 is 1.17 bits per heavy atom. The van der Waals surface area contributed by atoms with E-state index in [1.165, 1.54) is 6.08 Å². The number of esters is 1. The number of fused-ring (bicyclic) bond motifs is 1. The molecule has 1 aromatic heterocycles. The van der Waals surface area contributed by atoms with Crippen LogP contribution in [0, 0.1) is 0 Å². The summed E-state index contributed by atoms with van der Waals surface area (Å²) in [6.45, 7) is 2.79. The summed E-state index contributed by atoms with van der Waals surface area (Å²) in [4.78, 5) is 41.7. The summed E-state index contributed by atoms with van der Waals surface area (Å²) in [5, 5.41) is 3.81. The van der Waals surface area contributed by atoms with Gasteiger partial charge in [0.05, 0.1) is 12.1 Å². The number of nitrogens with one attached hydrogen (secondary N) is 1. The molecule has 0 unspecified atom stereocenters.